The van der Waals surface area contributed by atoms with Gasteiger partial charge in [0.15, 0.2) is 0 Å². The number of carbonyl (C=O) groups excluding carboxylic acids is 2. The molecule has 1 saturated carbocycles. The van der Waals surface area contributed by atoms with Crippen LogP contribution in [-0.4, -0.2) is 11.9 Å². The van der Waals surface area contributed by atoms with Gasteiger partial charge in [-0.15, -0.1) is 0 Å². The normalized spacial score (nSPS) is 39.5. The molecule has 0 radical (unpaired) electrons. The van der Waals surface area contributed by atoms with Gasteiger partial charge in [-0.2, -0.15) is 0 Å². The number of ether oxygens (including phenoxy) is 1. The highest BCUT2D eigenvalue weighted by Crippen LogP contribution is 2.49. The van der Waals surface area contributed by atoms with Crippen LogP contribution in [0.5, 0.6) is 0 Å². The van der Waals surface area contributed by atoms with Crippen molar-refractivity contribution in [2.75, 3.05) is 0 Å². The lowest BCUT2D eigenvalue weighted by Gasteiger charge is -2.42. The van der Waals surface area contributed by atoms with Crippen molar-refractivity contribution in [1.82, 2.24) is 0 Å². The highest BCUT2D eigenvalue weighted by Gasteiger charge is 2.53. The number of hydrogen-bond donors (Lipinski definition) is 0. The Morgan fingerprint density at radius 1 is 1.12 bits per heavy atom. The number of rotatable bonds is 0. The molecular weight excluding hydrogens is 204 g/mol. The van der Waals surface area contributed by atoms with Gasteiger partial charge in [0, 0.05) is 0 Å². The first-order valence-electron chi connectivity index (χ1n) is 6.08. The summed E-state index contributed by atoms with van der Waals surface area (Å²) < 4.78 is 4.76. The Hall–Kier alpha value is -0.860. The average molecular weight is 224 g/mol. The van der Waals surface area contributed by atoms with Gasteiger partial charge in [0.1, 0.15) is 0 Å². The van der Waals surface area contributed by atoms with E-state index in [2.05, 4.69) is 27.7 Å². The summed E-state index contributed by atoms with van der Waals surface area (Å²) in [6.07, 6.45) is 1.83. The molecule has 3 nitrogen and oxygen atoms in total. The lowest BCUT2D eigenvalue weighted by Crippen LogP contribution is -2.40. The molecule has 0 bridgehead atoms. The predicted octanol–water partition coefficient (Wildman–Crippen LogP) is 2.39. The van der Waals surface area contributed by atoms with Crippen molar-refractivity contribution in [3.63, 3.8) is 0 Å². The van der Waals surface area contributed by atoms with Crippen LogP contribution in [0.1, 0.15) is 40.5 Å². The van der Waals surface area contributed by atoms with E-state index in [-0.39, 0.29) is 35.1 Å². The van der Waals surface area contributed by atoms with Gasteiger partial charge in [0.25, 0.3) is 0 Å². The van der Waals surface area contributed by atoms with Crippen molar-refractivity contribution >= 4 is 11.9 Å². The largest absolute Gasteiger partial charge is 0.393 e. The van der Waals surface area contributed by atoms with Gasteiger partial charge < -0.3 is 4.74 Å². The summed E-state index contributed by atoms with van der Waals surface area (Å²) in [6, 6.07) is 0. The number of cyclic esters (lactones) is 2. The fourth-order valence-corrected chi connectivity index (χ4v) is 3.53. The van der Waals surface area contributed by atoms with E-state index in [0.29, 0.717) is 5.92 Å². The fraction of sp³-hybridized carbons (Fsp3) is 0.846. The summed E-state index contributed by atoms with van der Waals surface area (Å²) in [5.74, 6) is -0.206. The van der Waals surface area contributed by atoms with E-state index in [9.17, 15) is 9.59 Å². The van der Waals surface area contributed by atoms with Crippen LogP contribution in [0.15, 0.2) is 0 Å². The molecule has 4 atom stereocenters. The van der Waals surface area contributed by atoms with Crippen LogP contribution in [-0.2, 0) is 14.3 Å². The molecule has 16 heavy (non-hydrogen) atoms. The van der Waals surface area contributed by atoms with Crippen LogP contribution < -0.4 is 0 Å². The Labute approximate surface area is 96.5 Å². The quantitative estimate of drug-likeness (QED) is 0.468. The van der Waals surface area contributed by atoms with Crippen molar-refractivity contribution < 1.29 is 14.3 Å². The zero-order chi connectivity index (χ0) is 12.1. The van der Waals surface area contributed by atoms with Gasteiger partial charge >= 0.3 is 11.9 Å². The van der Waals surface area contributed by atoms with Crippen LogP contribution in [0, 0.1) is 29.1 Å². The van der Waals surface area contributed by atoms with E-state index in [4.69, 9.17) is 4.74 Å². The summed E-state index contributed by atoms with van der Waals surface area (Å²) in [5, 5.41) is 0. The number of fused-ring (bicyclic) bond motifs is 1. The molecule has 1 aliphatic carbocycles. The molecule has 0 aromatic rings. The van der Waals surface area contributed by atoms with Crippen LogP contribution >= 0.6 is 0 Å². The molecule has 0 N–H and O–H groups in total. The Balaban J connectivity index is 2.24. The average Bonchev–Trinajstić information content (AvgIpc) is 2.41. The van der Waals surface area contributed by atoms with Crippen molar-refractivity contribution in [3.8, 4) is 0 Å². The fourth-order valence-electron chi connectivity index (χ4n) is 3.53. The number of hydrogen-bond acceptors (Lipinski definition) is 3. The smallest absolute Gasteiger partial charge is 0.317 e. The van der Waals surface area contributed by atoms with E-state index in [0.717, 1.165) is 12.8 Å². The Morgan fingerprint density at radius 3 is 2.31 bits per heavy atom. The molecule has 2 aliphatic rings. The minimum Gasteiger partial charge on any atom is -0.393 e. The van der Waals surface area contributed by atoms with E-state index >= 15 is 0 Å². The maximum atomic E-state index is 11.7. The van der Waals surface area contributed by atoms with E-state index < -0.39 is 0 Å². The lowest BCUT2D eigenvalue weighted by molar-refractivity contribution is -0.154. The van der Waals surface area contributed by atoms with E-state index in [1.54, 1.807) is 0 Å². The summed E-state index contributed by atoms with van der Waals surface area (Å²) in [5.41, 5.74) is 0.191. The standard InChI is InChI=1S/C13H20O3/c1-7-9(13(2,3)4)6-5-8-10(7)12(15)16-11(8)14/h7-10H,5-6H2,1-4H3. The summed E-state index contributed by atoms with van der Waals surface area (Å²) in [4.78, 5) is 23.1. The van der Waals surface area contributed by atoms with Crippen molar-refractivity contribution in [3.05, 3.63) is 0 Å². The zero-order valence-electron chi connectivity index (χ0n) is 10.4. The first-order chi connectivity index (χ1) is 7.32. The molecule has 1 aliphatic heterocycles. The van der Waals surface area contributed by atoms with Crippen LogP contribution in [0.3, 0.4) is 0 Å². The molecule has 0 aromatic heterocycles. The second kappa shape index (κ2) is 3.57. The van der Waals surface area contributed by atoms with Gasteiger partial charge in [-0.05, 0) is 30.1 Å². The molecule has 0 aromatic carbocycles. The summed E-state index contributed by atoms with van der Waals surface area (Å²) in [7, 11) is 0. The highest BCUT2D eigenvalue weighted by atomic mass is 16.6. The zero-order valence-corrected chi connectivity index (χ0v) is 10.4. The number of esters is 2. The topological polar surface area (TPSA) is 43.4 Å². The third-order valence-electron chi connectivity index (χ3n) is 4.31. The van der Waals surface area contributed by atoms with Crippen molar-refractivity contribution in [1.29, 1.82) is 0 Å². The molecule has 0 spiro atoms. The van der Waals surface area contributed by atoms with Crippen molar-refractivity contribution in [2.24, 2.45) is 29.1 Å². The predicted molar refractivity (Wildman–Crippen MR) is 59.4 cm³/mol. The minimum absolute atomic E-state index is 0.166. The SMILES string of the molecule is CC1C2C(=O)OC(=O)C2CCC1C(C)(C)C. The second-order valence-electron chi connectivity index (χ2n) is 6.28. The maximum Gasteiger partial charge on any atom is 0.317 e. The molecule has 3 heteroatoms. The van der Waals surface area contributed by atoms with Gasteiger partial charge in [-0.3, -0.25) is 9.59 Å². The minimum atomic E-state index is -0.297. The number of carbonyl (C=O) groups is 2. The summed E-state index contributed by atoms with van der Waals surface area (Å²) >= 11 is 0. The lowest BCUT2D eigenvalue weighted by atomic mass is 9.60. The third kappa shape index (κ3) is 1.66. The van der Waals surface area contributed by atoms with Crippen LogP contribution in [0.4, 0.5) is 0 Å². The van der Waals surface area contributed by atoms with Gasteiger partial charge in [-0.25, -0.2) is 0 Å². The second-order valence-corrected chi connectivity index (χ2v) is 6.28. The monoisotopic (exact) mass is 224 g/mol. The van der Waals surface area contributed by atoms with E-state index in [1.165, 1.54) is 0 Å². The molecule has 2 rings (SSSR count). The van der Waals surface area contributed by atoms with Crippen molar-refractivity contribution in [2.45, 2.75) is 40.5 Å². The van der Waals surface area contributed by atoms with Gasteiger partial charge in [-0.1, -0.05) is 27.7 Å². The Bertz CT molecular complexity index is 327. The first-order valence-corrected chi connectivity index (χ1v) is 6.08. The van der Waals surface area contributed by atoms with Gasteiger partial charge in [0.2, 0.25) is 0 Å². The molecule has 1 heterocycles. The molecule has 2 fully saturated rings. The Kier molecular flexibility index (Phi) is 2.59. The molecule has 90 valence electrons. The van der Waals surface area contributed by atoms with E-state index in [1.807, 2.05) is 0 Å². The third-order valence-corrected chi connectivity index (χ3v) is 4.31. The van der Waals surface area contributed by atoms with Crippen LogP contribution in [0.2, 0.25) is 0 Å². The molecule has 4 unspecified atom stereocenters. The molecule has 1 saturated heterocycles. The molecular formula is C13H20O3. The maximum absolute atomic E-state index is 11.7. The summed E-state index contributed by atoms with van der Waals surface area (Å²) in [6.45, 7) is 8.70. The highest BCUT2D eigenvalue weighted by molar-refractivity contribution is 5.96. The van der Waals surface area contributed by atoms with Crippen LogP contribution in [0.25, 0.3) is 0 Å². The van der Waals surface area contributed by atoms with Gasteiger partial charge in [0.05, 0.1) is 11.8 Å². The first kappa shape index (κ1) is 11.6. The Morgan fingerprint density at radius 2 is 1.75 bits per heavy atom. The molecule has 0 amide bonds.